The van der Waals surface area contributed by atoms with E-state index >= 15 is 0 Å². The fourth-order valence-electron chi connectivity index (χ4n) is 3.05. The number of aryl methyl sites for hydroxylation is 1. The van der Waals surface area contributed by atoms with Gasteiger partial charge in [-0.1, -0.05) is 35.0 Å². The Labute approximate surface area is 135 Å². The van der Waals surface area contributed by atoms with Gasteiger partial charge in [0.15, 0.2) is 0 Å². The second kappa shape index (κ2) is 5.88. The van der Waals surface area contributed by atoms with E-state index in [9.17, 15) is 0 Å². The fourth-order valence-corrected chi connectivity index (χ4v) is 3.05. The Morgan fingerprint density at radius 3 is 2.57 bits per heavy atom. The van der Waals surface area contributed by atoms with Crippen LogP contribution in [0.25, 0.3) is 22.8 Å². The van der Waals surface area contributed by atoms with Crippen molar-refractivity contribution in [1.29, 1.82) is 0 Å². The highest BCUT2D eigenvalue weighted by atomic mass is 16.5. The fraction of sp³-hybridized carbons (Fsp3) is 0.263. The lowest BCUT2D eigenvalue weighted by Gasteiger charge is -2.17. The summed E-state index contributed by atoms with van der Waals surface area (Å²) in [5.74, 6) is 1.21. The predicted molar refractivity (Wildman–Crippen MR) is 91.4 cm³/mol. The summed E-state index contributed by atoms with van der Waals surface area (Å²) >= 11 is 0. The Balaban J connectivity index is 1.65. The Hall–Kier alpha value is -2.62. The van der Waals surface area contributed by atoms with Gasteiger partial charge in [0.2, 0.25) is 5.82 Å². The Kier molecular flexibility index (Phi) is 3.58. The van der Waals surface area contributed by atoms with Crippen LogP contribution in [0.15, 0.2) is 53.1 Å². The third kappa shape index (κ3) is 2.84. The molecule has 0 aliphatic carbocycles. The van der Waals surface area contributed by atoms with Crippen molar-refractivity contribution in [2.24, 2.45) is 0 Å². The molecule has 0 saturated carbocycles. The van der Waals surface area contributed by atoms with Gasteiger partial charge in [0, 0.05) is 29.9 Å². The molecule has 116 valence electrons. The maximum atomic E-state index is 5.48. The number of anilines is 1. The van der Waals surface area contributed by atoms with E-state index in [1.54, 1.807) is 0 Å². The van der Waals surface area contributed by atoms with Gasteiger partial charge < -0.3 is 9.42 Å². The second-order valence-corrected chi connectivity index (χ2v) is 6.04. The third-order valence-electron chi connectivity index (χ3n) is 4.27. The van der Waals surface area contributed by atoms with E-state index in [1.165, 1.54) is 24.1 Å². The number of benzene rings is 2. The minimum Gasteiger partial charge on any atom is -0.372 e. The van der Waals surface area contributed by atoms with Crippen LogP contribution in [0.1, 0.15) is 18.4 Å². The number of nitrogens with zero attached hydrogens (tertiary/aromatic N) is 3. The van der Waals surface area contributed by atoms with Crippen LogP contribution in [-0.2, 0) is 0 Å². The molecular weight excluding hydrogens is 286 g/mol. The monoisotopic (exact) mass is 305 g/mol. The molecule has 4 nitrogen and oxygen atoms in total. The highest BCUT2D eigenvalue weighted by molar-refractivity contribution is 5.64. The highest BCUT2D eigenvalue weighted by Gasteiger charge is 2.15. The molecule has 0 amide bonds. The molecule has 0 bridgehead atoms. The lowest BCUT2D eigenvalue weighted by Crippen LogP contribution is -2.17. The molecule has 1 aromatic heterocycles. The molecule has 0 radical (unpaired) electrons. The van der Waals surface area contributed by atoms with Crippen molar-refractivity contribution in [3.05, 3.63) is 54.1 Å². The van der Waals surface area contributed by atoms with Gasteiger partial charge in [-0.15, -0.1) is 0 Å². The van der Waals surface area contributed by atoms with Crippen LogP contribution < -0.4 is 4.90 Å². The van der Waals surface area contributed by atoms with Crippen molar-refractivity contribution < 1.29 is 4.52 Å². The molecule has 1 fully saturated rings. The number of aromatic nitrogens is 2. The molecule has 4 rings (SSSR count). The zero-order valence-electron chi connectivity index (χ0n) is 13.2. The van der Waals surface area contributed by atoms with Gasteiger partial charge in [0.25, 0.3) is 5.89 Å². The van der Waals surface area contributed by atoms with Gasteiger partial charge >= 0.3 is 0 Å². The van der Waals surface area contributed by atoms with Crippen LogP contribution >= 0.6 is 0 Å². The number of rotatable bonds is 3. The van der Waals surface area contributed by atoms with Crippen molar-refractivity contribution in [2.75, 3.05) is 18.0 Å². The summed E-state index contributed by atoms with van der Waals surface area (Å²) in [6, 6.07) is 16.5. The van der Waals surface area contributed by atoms with Gasteiger partial charge in [0.1, 0.15) is 0 Å². The second-order valence-electron chi connectivity index (χ2n) is 6.04. The highest BCUT2D eigenvalue weighted by Crippen LogP contribution is 2.27. The molecule has 3 aromatic rings. The molecule has 1 saturated heterocycles. The van der Waals surface area contributed by atoms with Gasteiger partial charge in [0.05, 0.1) is 0 Å². The zero-order valence-corrected chi connectivity index (χ0v) is 13.2. The molecule has 0 unspecified atom stereocenters. The Morgan fingerprint density at radius 2 is 1.74 bits per heavy atom. The van der Waals surface area contributed by atoms with Crippen LogP contribution in [0.4, 0.5) is 5.69 Å². The maximum Gasteiger partial charge on any atom is 0.258 e. The van der Waals surface area contributed by atoms with Crippen molar-refractivity contribution in [1.82, 2.24) is 10.1 Å². The van der Waals surface area contributed by atoms with Gasteiger partial charge in [-0.25, -0.2) is 0 Å². The standard InChI is InChI=1S/C19H19N3O/c1-14-6-4-7-15(12-14)18-20-19(23-21-18)16-8-5-9-17(13-16)22-10-2-3-11-22/h4-9,12-13H,2-3,10-11H2,1H3. The number of hydrogen-bond donors (Lipinski definition) is 0. The molecule has 0 spiro atoms. The molecule has 2 aromatic carbocycles. The first-order valence-electron chi connectivity index (χ1n) is 8.06. The first-order chi connectivity index (χ1) is 11.3. The normalized spacial score (nSPS) is 14.4. The lowest BCUT2D eigenvalue weighted by atomic mass is 10.1. The van der Waals surface area contributed by atoms with E-state index in [0.717, 1.165) is 24.2 Å². The Bertz CT molecular complexity index is 819. The quantitative estimate of drug-likeness (QED) is 0.723. The van der Waals surface area contributed by atoms with Crippen LogP contribution in [0, 0.1) is 6.92 Å². The zero-order chi connectivity index (χ0) is 15.6. The SMILES string of the molecule is Cc1cccc(-c2noc(-c3cccc(N4CCCC4)c3)n2)c1. The minimum absolute atomic E-state index is 0.572. The molecule has 4 heteroatoms. The van der Waals surface area contributed by atoms with Crippen LogP contribution in [-0.4, -0.2) is 23.2 Å². The summed E-state index contributed by atoms with van der Waals surface area (Å²) in [4.78, 5) is 6.97. The molecule has 0 atom stereocenters. The maximum absolute atomic E-state index is 5.48. The van der Waals surface area contributed by atoms with Gasteiger partial charge in [-0.2, -0.15) is 4.98 Å². The summed E-state index contributed by atoms with van der Waals surface area (Å²) in [6.45, 7) is 4.31. The Morgan fingerprint density at radius 1 is 0.957 bits per heavy atom. The van der Waals surface area contributed by atoms with Gasteiger partial charge in [-0.3, -0.25) is 0 Å². The number of hydrogen-bond acceptors (Lipinski definition) is 4. The summed E-state index contributed by atoms with van der Waals surface area (Å²) in [5.41, 5.74) is 4.37. The van der Waals surface area contributed by atoms with E-state index in [2.05, 4.69) is 52.3 Å². The van der Waals surface area contributed by atoms with E-state index in [1.807, 2.05) is 18.2 Å². The van der Waals surface area contributed by atoms with E-state index in [-0.39, 0.29) is 0 Å². The topological polar surface area (TPSA) is 42.2 Å². The summed E-state index contributed by atoms with van der Waals surface area (Å²) in [7, 11) is 0. The minimum atomic E-state index is 0.572. The molecule has 0 N–H and O–H groups in total. The average Bonchev–Trinajstić information content (AvgIpc) is 3.27. The molecular formula is C19H19N3O. The average molecular weight is 305 g/mol. The molecule has 23 heavy (non-hydrogen) atoms. The first kappa shape index (κ1) is 14.0. The van der Waals surface area contributed by atoms with Crippen molar-refractivity contribution in [3.63, 3.8) is 0 Å². The van der Waals surface area contributed by atoms with Crippen LogP contribution in [0.3, 0.4) is 0 Å². The largest absolute Gasteiger partial charge is 0.372 e. The van der Waals surface area contributed by atoms with Gasteiger partial charge in [-0.05, 0) is 44.0 Å². The smallest absolute Gasteiger partial charge is 0.258 e. The third-order valence-corrected chi connectivity index (χ3v) is 4.27. The lowest BCUT2D eigenvalue weighted by molar-refractivity contribution is 0.432. The van der Waals surface area contributed by atoms with E-state index < -0.39 is 0 Å². The molecule has 1 aliphatic heterocycles. The van der Waals surface area contributed by atoms with Crippen molar-refractivity contribution in [2.45, 2.75) is 19.8 Å². The summed E-state index contributed by atoms with van der Waals surface area (Å²) < 4.78 is 5.48. The van der Waals surface area contributed by atoms with Crippen molar-refractivity contribution in [3.8, 4) is 22.8 Å². The molecule has 2 heterocycles. The summed E-state index contributed by atoms with van der Waals surface area (Å²) in [5, 5.41) is 4.13. The molecule has 1 aliphatic rings. The van der Waals surface area contributed by atoms with Crippen LogP contribution in [0.2, 0.25) is 0 Å². The van der Waals surface area contributed by atoms with Crippen molar-refractivity contribution >= 4 is 5.69 Å². The van der Waals surface area contributed by atoms with Crippen LogP contribution in [0.5, 0.6) is 0 Å². The van der Waals surface area contributed by atoms with E-state index in [0.29, 0.717) is 11.7 Å². The first-order valence-corrected chi connectivity index (χ1v) is 8.06. The summed E-state index contributed by atoms with van der Waals surface area (Å²) in [6.07, 6.45) is 2.53. The van der Waals surface area contributed by atoms with E-state index in [4.69, 9.17) is 4.52 Å². The predicted octanol–water partition coefficient (Wildman–Crippen LogP) is 4.31.